The van der Waals surface area contributed by atoms with Gasteiger partial charge in [0.15, 0.2) is 11.5 Å². The maximum atomic E-state index is 5.33. The van der Waals surface area contributed by atoms with Gasteiger partial charge in [-0.3, -0.25) is 0 Å². The number of aryl methyl sites for hydroxylation is 2. The molecule has 2 aromatic carbocycles. The molecular weight excluding hydrogens is 328 g/mol. The van der Waals surface area contributed by atoms with Crippen LogP contribution in [0.25, 0.3) is 0 Å². The molecule has 0 unspecified atom stereocenters. The lowest BCUT2D eigenvalue weighted by Gasteiger charge is -2.12. The fourth-order valence-electron chi connectivity index (χ4n) is 2.73. The fraction of sp³-hybridized carbons (Fsp3) is 0.200. The number of anilines is 4. The molecule has 0 fully saturated rings. The van der Waals surface area contributed by atoms with Crippen LogP contribution in [-0.4, -0.2) is 24.2 Å². The van der Waals surface area contributed by atoms with E-state index < -0.39 is 0 Å². The minimum Gasteiger partial charge on any atom is -0.493 e. The Morgan fingerprint density at radius 2 is 1.50 bits per heavy atom. The SMILES string of the molecule is COc1ccc(Nc2ccnc(Nc3cc(C)cc(C)c3)n2)cc1OC. The van der Waals surface area contributed by atoms with Crippen LogP contribution in [0.4, 0.5) is 23.1 Å². The van der Waals surface area contributed by atoms with Crippen LogP contribution in [0.15, 0.2) is 48.7 Å². The summed E-state index contributed by atoms with van der Waals surface area (Å²) < 4.78 is 10.6. The molecule has 134 valence electrons. The summed E-state index contributed by atoms with van der Waals surface area (Å²) in [4.78, 5) is 8.81. The van der Waals surface area contributed by atoms with Gasteiger partial charge in [-0.1, -0.05) is 6.07 Å². The van der Waals surface area contributed by atoms with Crippen molar-refractivity contribution in [2.24, 2.45) is 0 Å². The smallest absolute Gasteiger partial charge is 0.229 e. The Labute approximate surface area is 153 Å². The van der Waals surface area contributed by atoms with Crippen LogP contribution in [0.3, 0.4) is 0 Å². The molecule has 0 aliphatic heterocycles. The van der Waals surface area contributed by atoms with Gasteiger partial charge >= 0.3 is 0 Å². The standard InChI is InChI=1S/C20H22N4O2/c1-13-9-14(2)11-16(10-13)23-20-21-8-7-19(24-20)22-15-5-6-17(25-3)18(12-15)26-4/h5-12H,1-4H3,(H2,21,22,23,24). The van der Waals surface area contributed by atoms with Gasteiger partial charge in [-0.05, 0) is 55.3 Å². The first kappa shape index (κ1) is 17.5. The number of hydrogen-bond donors (Lipinski definition) is 2. The van der Waals surface area contributed by atoms with Crippen LogP contribution in [0, 0.1) is 13.8 Å². The van der Waals surface area contributed by atoms with E-state index in [-0.39, 0.29) is 0 Å². The highest BCUT2D eigenvalue weighted by Gasteiger charge is 2.06. The monoisotopic (exact) mass is 350 g/mol. The molecule has 0 spiro atoms. The lowest BCUT2D eigenvalue weighted by Crippen LogP contribution is -2.01. The number of methoxy groups -OCH3 is 2. The molecule has 0 atom stereocenters. The number of rotatable bonds is 6. The highest BCUT2D eigenvalue weighted by molar-refractivity contribution is 5.63. The maximum Gasteiger partial charge on any atom is 0.229 e. The van der Waals surface area contributed by atoms with Gasteiger partial charge in [0.1, 0.15) is 5.82 Å². The molecule has 6 heteroatoms. The number of hydrogen-bond acceptors (Lipinski definition) is 6. The van der Waals surface area contributed by atoms with E-state index in [4.69, 9.17) is 9.47 Å². The van der Waals surface area contributed by atoms with Gasteiger partial charge < -0.3 is 20.1 Å². The Balaban J connectivity index is 1.79. The van der Waals surface area contributed by atoms with E-state index in [1.807, 2.05) is 24.3 Å². The van der Waals surface area contributed by atoms with Gasteiger partial charge in [0.25, 0.3) is 0 Å². The molecule has 0 aliphatic rings. The number of nitrogens with zero attached hydrogens (tertiary/aromatic N) is 2. The normalized spacial score (nSPS) is 10.3. The molecule has 0 bridgehead atoms. The Hall–Kier alpha value is -3.28. The lowest BCUT2D eigenvalue weighted by atomic mass is 10.1. The van der Waals surface area contributed by atoms with Gasteiger partial charge in [0.2, 0.25) is 5.95 Å². The average Bonchev–Trinajstić information content (AvgIpc) is 2.61. The first-order valence-electron chi connectivity index (χ1n) is 8.25. The van der Waals surface area contributed by atoms with Crippen molar-refractivity contribution in [3.05, 3.63) is 59.8 Å². The zero-order valence-electron chi connectivity index (χ0n) is 15.3. The summed E-state index contributed by atoms with van der Waals surface area (Å²) in [6.45, 7) is 4.13. The Kier molecular flexibility index (Phi) is 5.22. The third-order valence-electron chi connectivity index (χ3n) is 3.79. The molecule has 1 aromatic heterocycles. The molecule has 3 rings (SSSR count). The summed E-state index contributed by atoms with van der Waals surface area (Å²) in [5.41, 5.74) is 4.18. The Morgan fingerprint density at radius 1 is 0.769 bits per heavy atom. The van der Waals surface area contributed by atoms with Crippen LogP contribution >= 0.6 is 0 Å². The van der Waals surface area contributed by atoms with Crippen molar-refractivity contribution >= 4 is 23.1 Å². The van der Waals surface area contributed by atoms with E-state index in [9.17, 15) is 0 Å². The summed E-state index contributed by atoms with van der Waals surface area (Å²) in [5, 5.41) is 6.50. The Bertz CT molecular complexity index is 892. The number of nitrogens with one attached hydrogen (secondary N) is 2. The Morgan fingerprint density at radius 3 is 2.19 bits per heavy atom. The molecule has 26 heavy (non-hydrogen) atoms. The minimum atomic E-state index is 0.528. The molecule has 3 aromatic rings. The third kappa shape index (κ3) is 4.22. The average molecular weight is 350 g/mol. The van der Waals surface area contributed by atoms with Crippen LogP contribution in [0.5, 0.6) is 11.5 Å². The zero-order valence-corrected chi connectivity index (χ0v) is 15.3. The van der Waals surface area contributed by atoms with E-state index in [0.29, 0.717) is 23.3 Å². The number of aromatic nitrogens is 2. The second-order valence-corrected chi connectivity index (χ2v) is 5.96. The second-order valence-electron chi connectivity index (χ2n) is 5.96. The van der Waals surface area contributed by atoms with Gasteiger partial charge in [-0.15, -0.1) is 0 Å². The summed E-state index contributed by atoms with van der Waals surface area (Å²) in [5.74, 6) is 2.54. The van der Waals surface area contributed by atoms with E-state index in [0.717, 1.165) is 11.4 Å². The van der Waals surface area contributed by atoms with Gasteiger partial charge in [-0.2, -0.15) is 4.98 Å². The highest BCUT2D eigenvalue weighted by Crippen LogP contribution is 2.31. The van der Waals surface area contributed by atoms with E-state index in [1.165, 1.54) is 11.1 Å². The summed E-state index contributed by atoms with van der Waals surface area (Å²) in [6, 6.07) is 13.7. The highest BCUT2D eigenvalue weighted by atomic mass is 16.5. The molecule has 0 amide bonds. The van der Waals surface area contributed by atoms with E-state index in [2.05, 4.69) is 52.6 Å². The van der Waals surface area contributed by atoms with Gasteiger partial charge in [0.05, 0.1) is 14.2 Å². The van der Waals surface area contributed by atoms with Crippen molar-refractivity contribution in [1.29, 1.82) is 0 Å². The molecule has 0 saturated heterocycles. The van der Waals surface area contributed by atoms with Crippen LogP contribution in [-0.2, 0) is 0 Å². The van der Waals surface area contributed by atoms with Crippen molar-refractivity contribution in [2.75, 3.05) is 24.9 Å². The van der Waals surface area contributed by atoms with Crippen LogP contribution in [0.2, 0.25) is 0 Å². The summed E-state index contributed by atoms with van der Waals surface area (Å²) >= 11 is 0. The van der Waals surface area contributed by atoms with Crippen molar-refractivity contribution in [2.45, 2.75) is 13.8 Å². The van der Waals surface area contributed by atoms with Crippen molar-refractivity contribution in [3.8, 4) is 11.5 Å². The molecule has 0 aliphatic carbocycles. The molecular formula is C20H22N4O2. The minimum absolute atomic E-state index is 0.528. The predicted molar refractivity (Wildman–Crippen MR) is 104 cm³/mol. The molecule has 2 N–H and O–H groups in total. The fourth-order valence-corrected chi connectivity index (χ4v) is 2.73. The first-order valence-corrected chi connectivity index (χ1v) is 8.25. The second kappa shape index (κ2) is 7.74. The molecule has 1 heterocycles. The summed E-state index contributed by atoms with van der Waals surface area (Å²) in [6.07, 6.45) is 1.71. The van der Waals surface area contributed by atoms with Crippen molar-refractivity contribution in [1.82, 2.24) is 9.97 Å². The zero-order chi connectivity index (χ0) is 18.5. The van der Waals surface area contributed by atoms with Crippen molar-refractivity contribution < 1.29 is 9.47 Å². The van der Waals surface area contributed by atoms with E-state index in [1.54, 1.807) is 20.4 Å². The molecule has 6 nitrogen and oxygen atoms in total. The summed E-state index contributed by atoms with van der Waals surface area (Å²) in [7, 11) is 3.22. The van der Waals surface area contributed by atoms with Crippen LogP contribution in [0.1, 0.15) is 11.1 Å². The largest absolute Gasteiger partial charge is 0.493 e. The van der Waals surface area contributed by atoms with Gasteiger partial charge in [0, 0.05) is 23.6 Å². The molecule has 0 saturated carbocycles. The maximum absolute atomic E-state index is 5.33. The lowest BCUT2D eigenvalue weighted by molar-refractivity contribution is 0.355. The number of ether oxygens (including phenoxy) is 2. The third-order valence-corrected chi connectivity index (χ3v) is 3.79. The van der Waals surface area contributed by atoms with Gasteiger partial charge in [-0.25, -0.2) is 4.98 Å². The quantitative estimate of drug-likeness (QED) is 0.677. The predicted octanol–water partition coefficient (Wildman–Crippen LogP) is 4.60. The van der Waals surface area contributed by atoms with Crippen molar-refractivity contribution in [3.63, 3.8) is 0 Å². The van der Waals surface area contributed by atoms with Crippen LogP contribution < -0.4 is 20.1 Å². The van der Waals surface area contributed by atoms with E-state index >= 15 is 0 Å². The number of benzene rings is 2. The first-order chi connectivity index (χ1) is 12.6. The topological polar surface area (TPSA) is 68.3 Å². The molecule has 0 radical (unpaired) electrons.